The number of nitrogens with one attached hydrogen (secondary N) is 2. The van der Waals surface area contributed by atoms with E-state index in [0.29, 0.717) is 29.3 Å². The van der Waals surface area contributed by atoms with Crippen molar-refractivity contribution < 1.29 is 19.0 Å². The molecule has 7 heteroatoms. The number of fused-ring (bicyclic) bond motifs is 2. The molecule has 2 heterocycles. The first kappa shape index (κ1) is 17.8. The highest BCUT2D eigenvalue weighted by atomic mass is 16.7. The van der Waals surface area contributed by atoms with Crippen LogP contribution in [0.15, 0.2) is 53.3 Å². The normalized spacial score (nSPS) is 12.6. The van der Waals surface area contributed by atoms with Gasteiger partial charge in [0, 0.05) is 30.3 Å². The number of benzene rings is 2. The number of hydrogen-bond acceptors (Lipinski definition) is 5. The third kappa shape index (κ3) is 3.74. The van der Waals surface area contributed by atoms with Crippen molar-refractivity contribution in [2.75, 3.05) is 19.2 Å². The summed E-state index contributed by atoms with van der Waals surface area (Å²) in [6.07, 6.45) is 3.13. The first-order chi connectivity index (χ1) is 13.6. The van der Waals surface area contributed by atoms with Gasteiger partial charge in [0.05, 0.1) is 12.1 Å². The summed E-state index contributed by atoms with van der Waals surface area (Å²) in [5.41, 5.74) is 2.62. The summed E-state index contributed by atoms with van der Waals surface area (Å²) < 4.78 is 15.7. The minimum absolute atomic E-state index is 0.207. The van der Waals surface area contributed by atoms with Crippen LogP contribution in [0.25, 0.3) is 17.0 Å². The van der Waals surface area contributed by atoms with Crippen LogP contribution in [0.4, 0.5) is 5.69 Å². The Labute approximate surface area is 160 Å². The molecule has 0 unspecified atom stereocenters. The number of anilines is 1. The summed E-state index contributed by atoms with van der Waals surface area (Å²) in [4.78, 5) is 26.8. The number of carbonyl (C=O) groups excluding carboxylic acids is 1. The molecule has 0 radical (unpaired) electrons. The maximum absolute atomic E-state index is 12.2. The SMILES string of the molecule is COCc1cc(=O)[nH]c2cc(NC(=O)/C=C\c3ccc4c(c3)OCO4)ccc12. The lowest BCUT2D eigenvalue weighted by Crippen LogP contribution is -2.10. The lowest BCUT2D eigenvalue weighted by atomic mass is 10.1. The van der Waals surface area contributed by atoms with E-state index in [1.807, 2.05) is 18.2 Å². The maximum Gasteiger partial charge on any atom is 0.248 e. The Balaban J connectivity index is 1.51. The van der Waals surface area contributed by atoms with E-state index in [4.69, 9.17) is 14.2 Å². The Kier molecular flexibility index (Phi) is 4.82. The highest BCUT2D eigenvalue weighted by Gasteiger charge is 2.12. The minimum Gasteiger partial charge on any atom is -0.454 e. The molecule has 1 aliphatic heterocycles. The molecule has 0 bridgehead atoms. The number of rotatable bonds is 5. The van der Waals surface area contributed by atoms with Crippen LogP contribution in [0.3, 0.4) is 0 Å². The zero-order valence-electron chi connectivity index (χ0n) is 15.2. The van der Waals surface area contributed by atoms with Crippen LogP contribution >= 0.6 is 0 Å². The van der Waals surface area contributed by atoms with Crippen molar-refractivity contribution in [1.29, 1.82) is 0 Å². The molecular formula is C21H18N2O5. The number of amides is 1. The molecule has 1 aliphatic rings. The highest BCUT2D eigenvalue weighted by molar-refractivity contribution is 6.03. The molecule has 0 saturated heterocycles. The van der Waals surface area contributed by atoms with Crippen LogP contribution in [0.5, 0.6) is 11.5 Å². The molecule has 142 valence electrons. The Morgan fingerprint density at radius 2 is 2.04 bits per heavy atom. The Hall–Kier alpha value is -3.58. The molecule has 0 spiro atoms. The van der Waals surface area contributed by atoms with Gasteiger partial charge in [-0.3, -0.25) is 9.59 Å². The molecule has 0 fully saturated rings. The van der Waals surface area contributed by atoms with E-state index in [2.05, 4.69) is 10.3 Å². The average molecular weight is 378 g/mol. The fourth-order valence-corrected chi connectivity index (χ4v) is 3.06. The third-order valence-corrected chi connectivity index (χ3v) is 4.32. The van der Waals surface area contributed by atoms with Crippen molar-refractivity contribution in [2.24, 2.45) is 0 Å². The van der Waals surface area contributed by atoms with Gasteiger partial charge in [0.25, 0.3) is 0 Å². The summed E-state index contributed by atoms with van der Waals surface area (Å²) in [7, 11) is 1.58. The second-order valence-corrected chi connectivity index (χ2v) is 6.29. The number of H-pyrrole nitrogens is 1. The van der Waals surface area contributed by atoms with Crippen LogP contribution in [0, 0.1) is 0 Å². The van der Waals surface area contributed by atoms with E-state index in [0.717, 1.165) is 16.5 Å². The molecule has 1 aromatic heterocycles. The van der Waals surface area contributed by atoms with Gasteiger partial charge in [-0.25, -0.2) is 0 Å². The van der Waals surface area contributed by atoms with E-state index < -0.39 is 0 Å². The van der Waals surface area contributed by atoms with Gasteiger partial charge in [0.2, 0.25) is 18.3 Å². The summed E-state index contributed by atoms with van der Waals surface area (Å²) in [6.45, 7) is 0.545. The van der Waals surface area contributed by atoms with Crippen molar-refractivity contribution in [1.82, 2.24) is 4.98 Å². The molecule has 0 aliphatic carbocycles. The van der Waals surface area contributed by atoms with Gasteiger partial charge in [0.15, 0.2) is 11.5 Å². The Morgan fingerprint density at radius 1 is 1.18 bits per heavy atom. The third-order valence-electron chi connectivity index (χ3n) is 4.32. The van der Waals surface area contributed by atoms with Gasteiger partial charge in [-0.05, 0) is 41.5 Å². The molecule has 2 N–H and O–H groups in total. The van der Waals surface area contributed by atoms with Gasteiger partial charge >= 0.3 is 0 Å². The van der Waals surface area contributed by atoms with Crippen molar-refractivity contribution in [3.8, 4) is 11.5 Å². The molecule has 2 aromatic carbocycles. The predicted molar refractivity (Wildman–Crippen MR) is 106 cm³/mol. The van der Waals surface area contributed by atoms with E-state index in [-0.39, 0.29) is 18.3 Å². The fraction of sp³-hybridized carbons (Fsp3) is 0.143. The van der Waals surface area contributed by atoms with Crippen molar-refractivity contribution in [3.05, 3.63) is 70.0 Å². The van der Waals surface area contributed by atoms with Crippen molar-refractivity contribution in [2.45, 2.75) is 6.61 Å². The molecule has 0 saturated carbocycles. The molecule has 1 amide bonds. The standard InChI is InChI=1S/C21H18N2O5/c1-26-11-14-9-21(25)23-17-10-15(4-5-16(14)17)22-20(24)7-3-13-2-6-18-19(8-13)28-12-27-18/h2-10H,11-12H2,1H3,(H,22,24)(H,23,25)/b7-3-. The van der Waals surface area contributed by atoms with Crippen LogP contribution in [0.2, 0.25) is 0 Å². The highest BCUT2D eigenvalue weighted by Crippen LogP contribution is 2.32. The van der Waals surface area contributed by atoms with Gasteiger partial charge in [0.1, 0.15) is 0 Å². The fourth-order valence-electron chi connectivity index (χ4n) is 3.06. The minimum atomic E-state index is -0.285. The number of methoxy groups -OCH3 is 1. The lowest BCUT2D eigenvalue weighted by molar-refractivity contribution is -0.111. The average Bonchev–Trinajstić information content (AvgIpc) is 3.14. The summed E-state index contributed by atoms with van der Waals surface area (Å²) in [6, 6.07) is 12.3. The van der Waals surface area contributed by atoms with Crippen molar-refractivity contribution in [3.63, 3.8) is 0 Å². The van der Waals surface area contributed by atoms with Crippen LogP contribution < -0.4 is 20.3 Å². The Morgan fingerprint density at radius 3 is 2.89 bits per heavy atom. The van der Waals surface area contributed by atoms with E-state index in [1.54, 1.807) is 31.4 Å². The van der Waals surface area contributed by atoms with Gasteiger partial charge in [-0.1, -0.05) is 12.1 Å². The number of ether oxygens (including phenoxy) is 3. The number of carbonyl (C=O) groups is 1. The number of aromatic amines is 1. The smallest absolute Gasteiger partial charge is 0.248 e. The lowest BCUT2D eigenvalue weighted by Gasteiger charge is -2.08. The molecule has 4 rings (SSSR count). The molecule has 7 nitrogen and oxygen atoms in total. The van der Waals surface area contributed by atoms with Crippen LogP contribution in [0.1, 0.15) is 11.1 Å². The summed E-state index contributed by atoms with van der Waals surface area (Å²) >= 11 is 0. The quantitative estimate of drug-likeness (QED) is 0.666. The van der Waals surface area contributed by atoms with Gasteiger partial charge < -0.3 is 24.5 Å². The first-order valence-electron chi connectivity index (χ1n) is 8.66. The van der Waals surface area contributed by atoms with Gasteiger partial charge in [-0.2, -0.15) is 0 Å². The van der Waals surface area contributed by atoms with E-state index >= 15 is 0 Å². The number of pyridine rings is 1. The second kappa shape index (κ2) is 7.58. The van der Waals surface area contributed by atoms with E-state index in [1.165, 1.54) is 12.1 Å². The summed E-state index contributed by atoms with van der Waals surface area (Å²) in [5.74, 6) is 1.07. The number of aromatic nitrogens is 1. The predicted octanol–water partition coefficient (Wildman–Crippen LogP) is 3.06. The largest absolute Gasteiger partial charge is 0.454 e. The molecule has 3 aromatic rings. The van der Waals surface area contributed by atoms with E-state index in [9.17, 15) is 9.59 Å². The molecule has 28 heavy (non-hydrogen) atoms. The van der Waals surface area contributed by atoms with Crippen LogP contribution in [-0.4, -0.2) is 24.8 Å². The molecular weight excluding hydrogens is 360 g/mol. The van der Waals surface area contributed by atoms with Crippen LogP contribution in [-0.2, 0) is 16.1 Å². The number of hydrogen-bond donors (Lipinski definition) is 2. The molecule has 0 atom stereocenters. The Bertz CT molecular complexity index is 1130. The summed E-state index contributed by atoms with van der Waals surface area (Å²) in [5, 5.41) is 3.66. The topological polar surface area (TPSA) is 89.7 Å². The maximum atomic E-state index is 12.2. The monoisotopic (exact) mass is 378 g/mol. The first-order valence-corrected chi connectivity index (χ1v) is 8.66. The zero-order chi connectivity index (χ0) is 19.5. The zero-order valence-corrected chi connectivity index (χ0v) is 15.2. The second-order valence-electron chi connectivity index (χ2n) is 6.29. The van der Waals surface area contributed by atoms with Gasteiger partial charge in [-0.15, -0.1) is 0 Å². The van der Waals surface area contributed by atoms with Crippen molar-refractivity contribution >= 4 is 28.6 Å².